The summed E-state index contributed by atoms with van der Waals surface area (Å²) in [4.78, 5) is 22.8. The Morgan fingerprint density at radius 1 is 1.15 bits per heavy atom. The highest BCUT2D eigenvalue weighted by Crippen LogP contribution is 2.37. The van der Waals surface area contributed by atoms with E-state index in [0.29, 0.717) is 32.0 Å². The summed E-state index contributed by atoms with van der Waals surface area (Å²) in [7, 11) is 0. The number of ether oxygens (including phenoxy) is 2. The van der Waals surface area contributed by atoms with Crippen molar-refractivity contribution >= 4 is 5.91 Å². The molecule has 2 aliphatic rings. The zero-order chi connectivity index (χ0) is 17.8. The molecule has 2 aliphatic heterocycles. The van der Waals surface area contributed by atoms with E-state index in [1.165, 1.54) is 0 Å². The summed E-state index contributed by atoms with van der Waals surface area (Å²) in [6, 6.07) is 11.3. The minimum atomic E-state index is -0.157. The normalized spacial score (nSPS) is 21.8. The average Bonchev–Trinajstić information content (AvgIpc) is 3.10. The first-order valence-corrected chi connectivity index (χ1v) is 9.10. The maximum absolute atomic E-state index is 12.5. The van der Waals surface area contributed by atoms with Crippen LogP contribution < -0.4 is 0 Å². The monoisotopic (exact) mass is 353 g/mol. The van der Waals surface area contributed by atoms with Gasteiger partial charge in [-0.15, -0.1) is 0 Å². The molecule has 0 aromatic carbocycles. The van der Waals surface area contributed by atoms with Crippen molar-refractivity contribution in [1.82, 2.24) is 14.9 Å². The molecule has 6 nitrogen and oxygen atoms in total. The summed E-state index contributed by atoms with van der Waals surface area (Å²) in [6.07, 6.45) is 6.09. The van der Waals surface area contributed by atoms with Crippen LogP contribution in [0.2, 0.25) is 0 Å². The number of piperidine rings is 1. The van der Waals surface area contributed by atoms with Crippen LogP contribution >= 0.6 is 0 Å². The third-order valence-electron chi connectivity index (χ3n) is 5.21. The van der Waals surface area contributed by atoms with Gasteiger partial charge in [0, 0.05) is 31.9 Å². The van der Waals surface area contributed by atoms with Crippen molar-refractivity contribution in [2.45, 2.75) is 37.6 Å². The van der Waals surface area contributed by atoms with Crippen LogP contribution in [0.15, 0.2) is 48.8 Å². The van der Waals surface area contributed by atoms with Crippen molar-refractivity contribution in [3.8, 4) is 0 Å². The Bertz CT molecular complexity index is 730. The lowest BCUT2D eigenvalue weighted by Crippen LogP contribution is -2.46. The summed E-state index contributed by atoms with van der Waals surface area (Å²) in [6.45, 7) is 2.51. The molecule has 2 fully saturated rings. The molecule has 1 spiro atoms. The van der Waals surface area contributed by atoms with Gasteiger partial charge in [0.15, 0.2) is 0 Å². The van der Waals surface area contributed by atoms with Gasteiger partial charge in [0.2, 0.25) is 0 Å². The van der Waals surface area contributed by atoms with Crippen molar-refractivity contribution in [2.75, 3.05) is 19.7 Å². The number of likely N-dealkylation sites (tertiary alicyclic amines) is 1. The van der Waals surface area contributed by atoms with Crippen molar-refractivity contribution in [3.05, 3.63) is 60.2 Å². The number of nitrogens with zero attached hydrogens (tertiary/aromatic N) is 3. The number of carbonyl (C=O) groups is 1. The van der Waals surface area contributed by atoms with Crippen LogP contribution in [0.4, 0.5) is 0 Å². The third kappa shape index (κ3) is 3.76. The van der Waals surface area contributed by atoms with Crippen LogP contribution in [0.5, 0.6) is 0 Å². The van der Waals surface area contributed by atoms with Gasteiger partial charge in [-0.1, -0.05) is 12.1 Å². The molecule has 0 aliphatic carbocycles. The highest BCUT2D eigenvalue weighted by atomic mass is 16.6. The summed E-state index contributed by atoms with van der Waals surface area (Å²) in [5, 5.41) is 0. The van der Waals surface area contributed by atoms with E-state index in [9.17, 15) is 4.79 Å². The van der Waals surface area contributed by atoms with Crippen molar-refractivity contribution in [1.29, 1.82) is 0 Å². The molecule has 6 heteroatoms. The van der Waals surface area contributed by atoms with Crippen LogP contribution in [0.3, 0.4) is 0 Å². The third-order valence-corrected chi connectivity index (χ3v) is 5.21. The SMILES string of the molecule is O=C(c1ccccn1)N1CCC2(CC1)CC(OCc1ccccn1)CO2. The second-order valence-corrected chi connectivity index (χ2v) is 6.96. The molecule has 0 saturated carbocycles. The van der Waals surface area contributed by atoms with Gasteiger partial charge in [-0.25, -0.2) is 0 Å². The summed E-state index contributed by atoms with van der Waals surface area (Å²) >= 11 is 0. The number of hydrogen-bond donors (Lipinski definition) is 0. The number of aromatic nitrogens is 2. The molecule has 1 atom stereocenters. The number of amides is 1. The Balaban J connectivity index is 1.28. The molecule has 136 valence electrons. The first kappa shape index (κ1) is 17.1. The fraction of sp³-hybridized carbons (Fsp3) is 0.450. The minimum Gasteiger partial charge on any atom is -0.372 e. The van der Waals surface area contributed by atoms with E-state index < -0.39 is 0 Å². The van der Waals surface area contributed by atoms with Crippen molar-refractivity contribution in [2.24, 2.45) is 0 Å². The number of rotatable bonds is 4. The highest BCUT2D eigenvalue weighted by Gasteiger charge is 2.44. The zero-order valence-corrected chi connectivity index (χ0v) is 14.7. The molecule has 2 aromatic heterocycles. The number of hydrogen-bond acceptors (Lipinski definition) is 5. The Hall–Kier alpha value is -2.31. The highest BCUT2D eigenvalue weighted by molar-refractivity contribution is 5.92. The number of carbonyl (C=O) groups excluding carboxylic acids is 1. The lowest BCUT2D eigenvalue weighted by Gasteiger charge is -2.38. The quantitative estimate of drug-likeness (QED) is 0.845. The lowest BCUT2D eigenvalue weighted by atomic mass is 9.88. The van der Waals surface area contributed by atoms with Gasteiger partial charge >= 0.3 is 0 Å². The Morgan fingerprint density at radius 2 is 1.92 bits per heavy atom. The van der Waals surface area contributed by atoms with Crippen LogP contribution in [0, 0.1) is 0 Å². The Kier molecular flexibility index (Phi) is 4.95. The van der Waals surface area contributed by atoms with Gasteiger partial charge in [0.05, 0.1) is 30.6 Å². The second kappa shape index (κ2) is 7.51. The first-order valence-electron chi connectivity index (χ1n) is 9.10. The van der Waals surface area contributed by atoms with E-state index >= 15 is 0 Å². The summed E-state index contributed by atoms with van der Waals surface area (Å²) < 4.78 is 12.1. The fourth-order valence-electron chi connectivity index (χ4n) is 3.71. The molecule has 2 saturated heterocycles. The predicted molar refractivity (Wildman–Crippen MR) is 95.5 cm³/mol. The molecular weight excluding hydrogens is 330 g/mol. The molecule has 0 bridgehead atoms. The van der Waals surface area contributed by atoms with Crippen LogP contribution in [-0.4, -0.2) is 52.2 Å². The molecule has 1 amide bonds. The van der Waals surface area contributed by atoms with E-state index in [2.05, 4.69) is 9.97 Å². The molecule has 4 rings (SSSR count). The molecule has 4 heterocycles. The van der Waals surface area contributed by atoms with Gasteiger partial charge in [-0.05, 0) is 37.1 Å². The largest absolute Gasteiger partial charge is 0.372 e. The van der Waals surface area contributed by atoms with Gasteiger partial charge in [-0.2, -0.15) is 0 Å². The predicted octanol–water partition coefficient (Wildman–Crippen LogP) is 2.46. The first-order chi connectivity index (χ1) is 12.7. The molecule has 0 N–H and O–H groups in total. The molecule has 26 heavy (non-hydrogen) atoms. The van der Waals surface area contributed by atoms with Gasteiger partial charge < -0.3 is 14.4 Å². The van der Waals surface area contributed by atoms with E-state index in [1.807, 2.05) is 35.2 Å². The van der Waals surface area contributed by atoms with E-state index in [4.69, 9.17) is 9.47 Å². The van der Waals surface area contributed by atoms with E-state index in [0.717, 1.165) is 25.0 Å². The fourth-order valence-corrected chi connectivity index (χ4v) is 3.71. The van der Waals surface area contributed by atoms with Crippen molar-refractivity contribution in [3.63, 3.8) is 0 Å². The average molecular weight is 353 g/mol. The maximum Gasteiger partial charge on any atom is 0.272 e. The maximum atomic E-state index is 12.5. The second-order valence-electron chi connectivity index (χ2n) is 6.96. The molecule has 0 radical (unpaired) electrons. The minimum absolute atomic E-state index is 0.00130. The van der Waals surface area contributed by atoms with Crippen LogP contribution in [0.1, 0.15) is 35.4 Å². The summed E-state index contributed by atoms with van der Waals surface area (Å²) in [5.41, 5.74) is 1.28. The van der Waals surface area contributed by atoms with Crippen molar-refractivity contribution < 1.29 is 14.3 Å². The molecule has 2 aromatic rings. The Labute approximate surface area is 153 Å². The Morgan fingerprint density at radius 3 is 2.62 bits per heavy atom. The van der Waals surface area contributed by atoms with Gasteiger partial charge in [-0.3, -0.25) is 14.8 Å². The van der Waals surface area contributed by atoms with Crippen LogP contribution in [0.25, 0.3) is 0 Å². The topological polar surface area (TPSA) is 64.6 Å². The smallest absolute Gasteiger partial charge is 0.272 e. The number of pyridine rings is 2. The standard InChI is InChI=1S/C20H23N3O3/c24-19(18-6-2-4-10-22-18)23-11-7-20(8-12-23)13-17(15-26-20)25-14-16-5-1-3-9-21-16/h1-6,9-10,17H,7-8,11-15H2. The zero-order valence-electron chi connectivity index (χ0n) is 14.7. The van der Waals surface area contributed by atoms with E-state index in [1.54, 1.807) is 18.5 Å². The van der Waals surface area contributed by atoms with Gasteiger partial charge in [0.1, 0.15) is 5.69 Å². The molecule has 1 unspecified atom stereocenters. The summed E-state index contributed by atoms with van der Waals surface area (Å²) in [5.74, 6) is 0.00130. The van der Waals surface area contributed by atoms with Gasteiger partial charge in [0.25, 0.3) is 5.91 Å². The molecular formula is C20H23N3O3. The van der Waals surface area contributed by atoms with Crippen LogP contribution in [-0.2, 0) is 16.1 Å². The lowest BCUT2D eigenvalue weighted by molar-refractivity contribution is -0.0413. The van der Waals surface area contributed by atoms with E-state index in [-0.39, 0.29) is 17.6 Å².